The standard InChI is InChI=1S/C8H9NO4.C7H9N/c10-6-2-1-4-3-5(8(12)13)7(11)9(4)6;8-6-7-4-2-1-3-5-7/h4-5H,1-3H2,(H,12,13);1-5H,6,8H2. The Kier molecular flexibility index (Phi) is 4.70. The minimum absolute atomic E-state index is 0.192. The Labute approximate surface area is 122 Å². The van der Waals surface area contributed by atoms with Crippen molar-refractivity contribution in [3.8, 4) is 0 Å². The summed E-state index contributed by atoms with van der Waals surface area (Å²) in [6.45, 7) is 0.890. The lowest BCUT2D eigenvalue weighted by Crippen LogP contribution is -2.47. The van der Waals surface area contributed by atoms with Gasteiger partial charge in [-0.1, -0.05) is 30.3 Å². The molecule has 0 bridgehead atoms. The molecule has 1 aromatic carbocycles. The number of imide groups is 1. The lowest BCUT2D eigenvalue weighted by Gasteiger charge is -2.12. The highest BCUT2D eigenvalue weighted by molar-refractivity contribution is 6.07. The van der Waals surface area contributed by atoms with Gasteiger partial charge < -0.3 is 15.6 Å². The van der Waals surface area contributed by atoms with Gasteiger partial charge in [-0.05, 0) is 12.8 Å². The number of hydrogen-bond donors (Lipinski definition) is 1. The summed E-state index contributed by atoms with van der Waals surface area (Å²) in [5, 5.41) is 10.5. The molecule has 2 heterocycles. The number of hydrogen-bond acceptors (Lipinski definition) is 4. The Hall–Kier alpha value is -2.21. The summed E-state index contributed by atoms with van der Waals surface area (Å²) in [4.78, 5) is 34.0. The fourth-order valence-electron chi connectivity index (χ4n) is 2.65. The molecule has 3 N–H and O–H groups in total. The summed E-state index contributed by atoms with van der Waals surface area (Å²) in [7, 11) is 0. The lowest BCUT2D eigenvalue weighted by molar-refractivity contribution is -0.386. The maximum Gasteiger partial charge on any atom is 0.238 e. The fourth-order valence-corrected chi connectivity index (χ4v) is 2.65. The van der Waals surface area contributed by atoms with E-state index in [1.54, 1.807) is 0 Å². The number of carboxylic acids is 1. The number of carbonyl (C=O) groups excluding carboxylic acids is 3. The predicted octanol–water partition coefficient (Wildman–Crippen LogP) is -1.30. The van der Waals surface area contributed by atoms with E-state index in [0.29, 0.717) is 12.8 Å². The molecule has 2 saturated heterocycles. The van der Waals surface area contributed by atoms with E-state index >= 15 is 0 Å². The molecule has 2 amide bonds. The molecule has 0 aromatic heterocycles. The first kappa shape index (κ1) is 15.2. The number of rotatable bonds is 2. The third-order valence-corrected chi connectivity index (χ3v) is 3.78. The van der Waals surface area contributed by atoms with Crippen molar-refractivity contribution < 1.29 is 25.2 Å². The maximum absolute atomic E-state index is 11.3. The van der Waals surface area contributed by atoms with E-state index in [9.17, 15) is 19.5 Å². The summed E-state index contributed by atoms with van der Waals surface area (Å²) >= 11 is 0. The molecule has 0 radical (unpaired) electrons. The molecule has 2 aliphatic heterocycles. The van der Waals surface area contributed by atoms with Gasteiger partial charge in [0.25, 0.3) is 0 Å². The molecule has 0 spiro atoms. The van der Waals surface area contributed by atoms with Gasteiger partial charge in [-0.15, -0.1) is 0 Å². The van der Waals surface area contributed by atoms with Gasteiger partial charge in [-0.3, -0.25) is 14.5 Å². The Balaban J connectivity index is 0.000000173. The van der Waals surface area contributed by atoms with Crippen molar-refractivity contribution in [2.45, 2.75) is 31.8 Å². The van der Waals surface area contributed by atoms with E-state index in [-0.39, 0.29) is 18.4 Å². The first-order valence-electron chi connectivity index (χ1n) is 6.94. The van der Waals surface area contributed by atoms with E-state index < -0.39 is 17.8 Å². The second-order valence-corrected chi connectivity index (χ2v) is 5.14. The highest BCUT2D eigenvalue weighted by atomic mass is 16.4. The van der Waals surface area contributed by atoms with Crippen molar-refractivity contribution in [3.63, 3.8) is 0 Å². The highest BCUT2D eigenvalue weighted by Crippen LogP contribution is 2.32. The maximum atomic E-state index is 11.3. The van der Waals surface area contributed by atoms with Crippen LogP contribution in [0.15, 0.2) is 30.3 Å². The molecule has 0 saturated carbocycles. The van der Waals surface area contributed by atoms with Crippen LogP contribution in [0.2, 0.25) is 0 Å². The average molecular weight is 290 g/mol. The van der Waals surface area contributed by atoms with Gasteiger partial charge >= 0.3 is 0 Å². The van der Waals surface area contributed by atoms with Crippen LogP contribution < -0.4 is 10.8 Å². The van der Waals surface area contributed by atoms with E-state index in [1.165, 1.54) is 5.56 Å². The fraction of sp³-hybridized carbons (Fsp3) is 0.400. The largest absolute Gasteiger partial charge is 0.549 e. The van der Waals surface area contributed by atoms with Crippen molar-refractivity contribution in [2.24, 2.45) is 5.92 Å². The van der Waals surface area contributed by atoms with Gasteiger partial charge in [0.2, 0.25) is 11.8 Å². The third kappa shape index (κ3) is 3.28. The zero-order valence-electron chi connectivity index (χ0n) is 11.7. The number of benzene rings is 1. The molecule has 2 unspecified atom stereocenters. The number of nitrogens with zero attached hydrogens (tertiary/aromatic N) is 1. The number of carboxylic acid groups (broad SMARTS) is 1. The number of quaternary nitrogens is 1. The van der Waals surface area contributed by atoms with E-state index in [0.717, 1.165) is 11.4 Å². The minimum atomic E-state index is -1.37. The van der Waals surface area contributed by atoms with Crippen LogP contribution in [0.1, 0.15) is 24.8 Å². The molecule has 3 rings (SSSR count). The van der Waals surface area contributed by atoms with Crippen molar-refractivity contribution in [2.75, 3.05) is 0 Å². The summed E-state index contributed by atoms with van der Waals surface area (Å²) < 4.78 is 0. The summed E-state index contributed by atoms with van der Waals surface area (Å²) in [5.41, 5.74) is 5.05. The van der Waals surface area contributed by atoms with E-state index in [1.807, 2.05) is 18.2 Å². The molecular formula is C15H18N2O4. The Morgan fingerprint density at radius 1 is 1.29 bits per heavy atom. The van der Waals surface area contributed by atoms with Crippen molar-refractivity contribution in [1.82, 2.24) is 4.90 Å². The smallest absolute Gasteiger partial charge is 0.238 e. The van der Waals surface area contributed by atoms with Gasteiger partial charge in [0.15, 0.2) is 0 Å². The van der Waals surface area contributed by atoms with E-state index in [2.05, 4.69) is 17.9 Å². The normalized spacial score (nSPS) is 23.6. The van der Waals surface area contributed by atoms with Gasteiger partial charge in [-0.25, -0.2) is 0 Å². The second kappa shape index (κ2) is 6.49. The zero-order valence-corrected chi connectivity index (χ0v) is 11.7. The molecular weight excluding hydrogens is 272 g/mol. The molecule has 0 aliphatic carbocycles. The Bertz CT molecular complexity index is 544. The van der Waals surface area contributed by atoms with Crippen LogP contribution in [0.25, 0.3) is 0 Å². The van der Waals surface area contributed by atoms with Gasteiger partial charge in [0, 0.05) is 18.0 Å². The van der Waals surface area contributed by atoms with E-state index in [4.69, 9.17) is 0 Å². The lowest BCUT2D eigenvalue weighted by atomic mass is 10.0. The molecule has 6 nitrogen and oxygen atoms in total. The number of carbonyl (C=O) groups is 3. The molecule has 6 heteroatoms. The molecule has 1 aromatic rings. The van der Waals surface area contributed by atoms with Gasteiger partial charge in [0.1, 0.15) is 0 Å². The van der Waals surface area contributed by atoms with Crippen LogP contribution >= 0.6 is 0 Å². The zero-order chi connectivity index (χ0) is 15.4. The molecule has 2 fully saturated rings. The Morgan fingerprint density at radius 2 is 1.95 bits per heavy atom. The molecule has 2 aliphatic rings. The summed E-state index contributed by atoms with van der Waals surface area (Å²) in [6.07, 6.45) is 1.18. The van der Waals surface area contributed by atoms with Crippen LogP contribution in [0.5, 0.6) is 0 Å². The van der Waals surface area contributed by atoms with Crippen LogP contribution in [0, 0.1) is 5.92 Å². The topological polar surface area (TPSA) is 105 Å². The van der Waals surface area contributed by atoms with Crippen molar-refractivity contribution >= 4 is 17.8 Å². The van der Waals surface area contributed by atoms with Crippen LogP contribution in [-0.4, -0.2) is 28.7 Å². The second-order valence-electron chi connectivity index (χ2n) is 5.14. The highest BCUT2D eigenvalue weighted by Gasteiger charge is 2.46. The molecule has 21 heavy (non-hydrogen) atoms. The number of fused-ring (bicyclic) bond motifs is 1. The van der Waals surface area contributed by atoms with Crippen LogP contribution in [-0.2, 0) is 20.9 Å². The predicted molar refractivity (Wildman–Crippen MR) is 71.0 cm³/mol. The monoisotopic (exact) mass is 290 g/mol. The van der Waals surface area contributed by atoms with Gasteiger partial charge in [-0.2, -0.15) is 0 Å². The van der Waals surface area contributed by atoms with Crippen LogP contribution in [0.4, 0.5) is 0 Å². The Morgan fingerprint density at radius 3 is 2.43 bits per heavy atom. The number of aliphatic carboxylic acids is 1. The third-order valence-electron chi connectivity index (χ3n) is 3.78. The molecule has 112 valence electrons. The first-order valence-corrected chi connectivity index (χ1v) is 6.94. The quantitative estimate of drug-likeness (QED) is 0.540. The summed E-state index contributed by atoms with van der Waals surface area (Å²) in [5.74, 6) is -3.31. The van der Waals surface area contributed by atoms with Crippen molar-refractivity contribution in [1.29, 1.82) is 0 Å². The van der Waals surface area contributed by atoms with Gasteiger partial charge in [0.05, 0.1) is 18.4 Å². The average Bonchev–Trinajstić information content (AvgIpc) is 3.02. The number of amides is 2. The first-order chi connectivity index (χ1) is 10.0. The molecule has 2 atom stereocenters. The SMILES string of the molecule is O=C([O-])C1CC2CCC(=O)N2C1=O.[NH3+]Cc1ccccc1. The minimum Gasteiger partial charge on any atom is -0.549 e. The summed E-state index contributed by atoms with van der Waals surface area (Å²) in [6, 6.07) is 10.0. The van der Waals surface area contributed by atoms with Crippen molar-refractivity contribution in [3.05, 3.63) is 35.9 Å². The van der Waals surface area contributed by atoms with Crippen LogP contribution in [0.3, 0.4) is 0 Å².